The summed E-state index contributed by atoms with van der Waals surface area (Å²) in [4.78, 5) is 2.22. The summed E-state index contributed by atoms with van der Waals surface area (Å²) >= 11 is 0. The van der Waals surface area contributed by atoms with Gasteiger partial charge in [0.05, 0.1) is 7.11 Å². The SMILES string of the molecule is CCC(C)CN(C)Cc1cccc(OC)c1O. The maximum Gasteiger partial charge on any atom is 0.162 e. The summed E-state index contributed by atoms with van der Waals surface area (Å²) in [5.41, 5.74) is 0.912. The summed E-state index contributed by atoms with van der Waals surface area (Å²) in [7, 11) is 3.65. The van der Waals surface area contributed by atoms with Gasteiger partial charge in [-0.2, -0.15) is 0 Å². The molecule has 0 bridgehead atoms. The molecule has 1 atom stereocenters. The van der Waals surface area contributed by atoms with Crippen molar-refractivity contribution in [2.45, 2.75) is 26.8 Å². The van der Waals surface area contributed by atoms with Gasteiger partial charge in [-0.25, -0.2) is 0 Å². The minimum absolute atomic E-state index is 0.256. The van der Waals surface area contributed by atoms with Crippen molar-refractivity contribution in [3.8, 4) is 11.5 Å². The largest absolute Gasteiger partial charge is 0.504 e. The first-order chi connectivity index (χ1) is 8.08. The number of phenols is 1. The van der Waals surface area contributed by atoms with Crippen molar-refractivity contribution in [2.75, 3.05) is 20.7 Å². The molecule has 0 aliphatic carbocycles. The summed E-state index contributed by atoms with van der Waals surface area (Å²) in [5.74, 6) is 1.47. The number of methoxy groups -OCH3 is 1. The number of hydrogen-bond acceptors (Lipinski definition) is 3. The second kappa shape index (κ2) is 6.50. The molecule has 17 heavy (non-hydrogen) atoms. The monoisotopic (exact) mass is 237 g/mol. The van der Waals surface area contributed by atoms with Crippen LogP contribution in [0.1, 0.15) is 25.8 Å². The minimum Gasteiger partial charge on any atom is -0.504 e. The van der Waals surface area contributed by atoms with Crippen LogP contribution >= 0.6 is 0 Å². The van der Waals surface area contributed by atoms with E-state index in [0.29, 0.717) is 11.7 Å². The highest BCUT2D eigenvalue weighted by molar-refractivity contribution is 5.45. The van der Waals surface area contributed by atoms with Crippen molar-refractivity contribution in [1.29, 1.82) is 0 Å². The molecule has 3 heteroatoms. The summed E-state index contributed by atoms with van der Waals surface area (Å²) in [6, 6.07) is 5.61. The third kappa shape index (κ3) is 3.93. The molecule has 1 rings (SSSR count). The minimum atomic E-state index is 0.256. The second-order valence-electron chi connectivity index (χ2n) is 4.68. The standard InChI is InChI=1S/C14H23NO2/c1-5-11(2)9-15(3)10-12-7-6-8-13(17-4)14(12)16/h6-8,11,16H,5,9-10H2,1-4H3. The van der Waals surface area contributed by atoms with Gasteiger partial charge in [0.15, 0.2) is 11.5 Å². The Labute approximate surface area is 104 Å². The van der Waals surface area contributed by atoms with Crippen molar-refractivity contribution in [2.24, 2.45) is 5.92 Å². The highest BCUT2D eigenvalue weighted by Crippen LogP contribution is 2.30. The van der Waals surface area contributed by atoms with Crippen LogP contribution in [0.15, 0.2) is 18.2 Å². The van der Waals surface area contributed by atoms with E-state index >= 15 is 0 Å². The lowest BCUT2D eigenvalue weighted by Crippen LogP contribution is -2.23. The van der Waals surface area contributed by atoms with Crippen LogP contribution in [-0.2, 0) is 6.54 Å². The molecule has 0 amide bonds. The molecule has 1 aromatic carbocycles. The van der Waals surface area contributed by atoms with E-state index in [1.54, 1.807) is 13.2 Å². The van der Waals surface area contributed by atoms with E-state index in [9.17, 15) is 5.11 Å². The van der Waals surface area contributed by atoms with Crippen molar-refractivity contribution in [3.63, 3.8) is 0 Å². The van der Waals surface area contributed by atoms with Gasteiger partial charge < -0.3 is 14.7 Å². The van der Waals surface area contributed by atoms with Crippen LogP contribution in [0.4, 0.5) is 0 Å². The summed E-state index contributed by atoms with van der Waals surface area (Å²) < 4.78 is 5.10. The first-order valence-electron chi connectivity index (χ1n) is 6.11. The van der Waals surface area contributed by atoms with Crippen molar-refractivity contribution in [1.82, 2.24) is 4.90 Å². The Balaban J connectivity index is 2.68. The quantitative estimate of drug-likeness (QED) is 0.825. The van der Waals surface area contributed by atoms with Gasteiger partial charge in [-0.3, -0.25) is 0 Å². The van der Waals surface area contributed by atoms with E-state index in [2.05, 4.69) is 25.8 Å². The normalized spacial score (nSPS) is 12.8. The van der Waals surface area contributed by atoms with Gasteiger partial charge in [0.2, 0.25) is 0 Å². The molecule has 96 valence electrons. The van der Waals surface area contributed by atoms with Gasteiger partial charge in [-0.05, 0) is 19.0 Å². The molecule has 0 aromatic heterocycles. The zero-order valence-electron chi connectivity index (χ0n) is 11.2. The topological polar surface area (TPSA) is 32.7 Å². The van der Waals surface area contributed by atoms with E-state index in [1.165, 1.54) is 6.42 Å². The van der Waals surface area contributed by atoms with Crippen LogP contribution in [0, 0.1) is 5.92 Å². The summed E-state index contributed by atoms with van der Waals surface area (Å²) in [5, 5.41) is 9.98. The van der Waals surface area contributed by atoms with Crippen LogP contribution in [0.3, 0.4) is 0 Å². The van der Waals surface area contributed by atoms with E-state index in [4.69, 9.17) is 4.74 Å². The Morgan fingerprint density at radius 2 is 2.12 bits per heavy atom. The Kier molecular flexibility index (Phi) is 5.29. The lowest BCUT2D eigenvalue weighted by atomic mass is 10.1. The van der Waals surface area contributed by atoms with E-state index in [1.807, 2.05) is 12.1 Å². The lowest BCUT2D eigenvalue weighted by molar-refractivity contribution is 0.270. The molecule has 1 aromatic rings. The molecule has 3 nitrogen and oxygen atoms in total. The fraction of sp³-hybridized carbons (Fsp3) is 0.571. The fourth-order valence-corrected chi connectivity index (χ4v) is 1.88. The van der Waals surface area contributed by atoms with Crippen LogP contribution < -0.4 is 4.74 Å². The smallest absolute Gasteiger partial charge is 0.162 e. The number of nitrogens with zero attached hydrogens (tertiary/aromatic N) is 1. The number of ether oxygens (including phenoxy) is 1. The Morgan fingerprint density at radius 1 is 1.41 bits per heavy atom. The number of para-hydroxylation sites is 1. The average Bonchev–Trinajstić information content (AvgIpc) is 2.31. The predicted molar refractivity (Wildman–Crippen MR) is 70.4 cm³/mol. The molecule has 0 aliphatic heterocycles. The lowest BCUT2D eigenvalue weighted by Gasteiger charge is -2.21. The number of hydrogen-bond donors (Lipinski definition) is 1. The number of benzene rings is 1. The van der Waals surface area contributed by atoms with Crippen LogP contribution in [0.25, 0.3) is 0 Å². The van der Waals surface area contributed by atoms with Crippen LogP contribution in [-0.4, -0.2) is 30.7 Å². The average molecular weight is 237 g/mol. The van der Waals surface area contributed by atoms with Gasteiger partial charge in [-0.1, -0.05) is 32.4 Å². The summed E-state index contributed by atoms with van der Waals surface area (Å²) in [6.07, 6.45) is 1.18. The van der Waals surface area contributed by atoms with Crippen molar-refractivity contribution >= 4 is 0 Å². The van der Waals surface area contributed by atoms with Crippen molar-refractivity contribution < 1.29 is 9.84 Å². The van der Waals surface area contributed by atoms with Gasteiger partial charge in [-0.15, -0.1) is 0 Å². The first kappa shape index (κ1) is 13.8. The van der Waals surface area contributed by atoms with E-state index in [0.717, 1.165) is 18.7 Å². The zero-order valence-corrected chi connectivity index (χ0v) is 11.2. The van der Waals surface area contributed by atoms with Crippen LogP contribution in [0.2, 0.25) is 0 Å². The zero-order chi connectivity index (χ0) is 12.8. The predicted octanol–water partition coefficient (Wildman–Crippen LogP) is 2.88. The molecular weight excluding hydrogens is 214 g/mol. The second-order valence-corrected chi connectivity index (χ2v) is 4.68. The van der Waals surface area contributed by atoms with E-state index < -0.39 is 0 Å². The molecule has 0 saturated heterocycles. The molecule has 0 heterocycles. The third-order valence-corrected chi connectivity index (χ3v) is 3.06. The maximum atomic E-state index is 9.98. The van der Waals surface area contributed by atoms with Crippen LogP contribution in [0.5, 0.6) is 11.5 Å². The van der Waals surface area contributed by atoms with Gasteiger partial charge >= 0.3 is 0 Å². The maximum absolute atomic E-state index is 9.98. The number of phenolic OH excluding ortho intramolecular Hbond substituents is 1. The van der Waals surface area contributed by atoms with Gasteiger partial charge in [0.1, 0.15) is 0 Å². The Bertz CT molecular complexity index is 352. The molecule has 1 unspecified atom stereocenters. The Morgan fingerprint density at radius 3 is 2.71 bits per heavy atom. The van der Waals surface area contributed by atoms with Gasteiger partial charge in [0.25, 0.3) is 0 Å². The van der Waals surface area contributed by atoms with Crippen molar-refractivity contribution in [3.05, 3.63) is 23.8 Å². The highest BCUT2D eigenvalue weighted by atomic mass is 16.5. The molecule has 0 radical (unpaired) electrons. The molecular formula is C14H23NO2. The molecule has 1 N–H and O–H groups in total. The highest BCUT2D eigenvalue weighted by Gasteiger charge is 2.10. The van der Waals surface area contributed by atoms with Gasteiger partial charge in [0, 0.05) is 18.7 Å². The number of rotatable bonds is 6. The number of aromatic hydroxyl groups is 1. The third-order valence-electron chi connectivity index (χ3n) is 3.06. The molecule has 0 spiro atoms. The molecule has 0 fully saturated rings. The fourth-order valence-electron chi connectivity index (χ4n) is 1.88. The van der Waals surface area contributed by atoms with E-state index in [-0.39, 0.29) is 5.75 Å². The molecule has 0 aliphatic rings. The molecule has 0 saturated carbocycles. The first-order valence-corrected chi connectivity index (χ1v) is 6.11. The Hall–Kier alpha value is -1.22. The summed E-state index contributed by atoms with van der Waals surface area (Å²) in [6.45, 7) is 6.21.